The molecule has 1 aliphatic heterocycles. The lowest BCUT2D eigenvalue weighted by Gasteiger charge is -2.44. The van der Waals surface area contributed by atoms with Crippen LogP contribution in [-0.2, 0) is 11.0 Å². The van der Waals surface area contributed by atoms with Crippen LogP contribution in [-0.4, -0.2) is 23.9 Å². The van der Waals surface area contributed by atoms with Gasteiger partial charge in [-0.2, -0.15) is 13.2 Å². The van der Waals surface area contributed by atoms with Crippen LogP contribution >= 0.6 is 0 Å². The minimum atomic E-state index is -4.42. The highest BCUT2D eigenvalue weighted by Crippen LogP contribution is 2.37. The van der Waals surface area contributed by atoms with Gasteiger partial charge in [0.1, 0.15) is 0 Å². The number of carbonyl (C=O) groups excluding carboxylic acids is 2. The minimum Gasteiger partial charge on any atom is -0.353 e. The Balaban J connectivity index is 1.60. The second-order valence-corrected chi connectivity index (χ2v) is 7.65. The molecule has 4 unspecified atom stereocenters. The zero-order valence-corrected chi connectivity index (χ0v) is 15.3. The van der Waals surface area contributed by atoms with E-state index in [9.17, 15) is 22.8 Å². The van der Waals surface area contributed by atoms with E-state index in [4.69, 9.17) is 0 Å². The van der Waals surface area contributed by atoms with E-state index in [2.05, 4.69) is 17.6 Å². The first kappa shape index (κ1) is 19.7. The lowest BCUT2D eigenvalue weighted by atomic mass is 9.70. The van der Waals surface area contributed by atoms with Gasteiger partial charge in [0.2, 0.25) is 5.91 Å². The Kier molecular flexibility index (Phi) is 5.77. The Morgan fingerprint density at radius 2 is 1.93 bits per heavy atom. The van der Waals surface area contributed by atoms with E-state index in [1.807, 2.05) is 0 Å². The number of piperidine rings is 1. The van der Waals surface area contributed by atoms with Gasteiger partial charge in [-0.1, -0.05) is 13.3 Å². The molecule has 2 aliphatic rings. The van der Waals surface area contributed by atoms with Crippen molar-refractivity contribution < 1.29 is 22.8 Å². The first-order valence-corrected chi connectivity index (χ1v) is 9.55. The Labute approximate surface area is 156 Å². The van der Waals surface area contributed by atoms with Crippen molar-refractivity contribution in [3.63, 3.8) is 0 Å². The summed E-state index contributed by atoms with van der Waals surface area (Å²) in [7, 11) is 0. The van der Waals surface area contributed by atoms with Crippen LogP contribution in [0.3, 0.4) is 0 Å². The van der Waals surface area contributed by atoms with Crippen molar-refractivity contribution in [1.29, 1.82) is 0 Å². The maximum Gasteiger partial charge on any atom is 0.416 e. The molecule has 0 aromatic heterocycles. The number of halogens is 3. The van der Waals surface area contributed by atoms with Crippen molar-refractivity contribution in [3.05, 3.63) is 35.4 Å². The molecule has 0 spiro atoms. The molecule has 1 saturated carbocycles. The second-order valence-electron chi connectivity index (χ2n) is 7.65. The van der Waals surface area contributed by atoms with E-state index in [0.717, 1.165) is 37.8 Å². The Morgan fingerprint density at radius 1 is 1.22 bits per heavy atom. The van der Waals surface area contributed by atoms with Gasteiger partial charge < -0.3 is 10.6 Å². The fourth-order valence-electron chi connectivity index (χ4n) is 4.48. The number of carbonyl (C=O) groups is 2. The standard InChI is InChI=1S/C20H25F3N2O2/c1-2-3-13-10-18(26)25-17-11-15(8-9-16(13)17)24-19(27)12-4-6-14(7-5-12)20(21,22)23/h4-7,13,15-17H,2-3,8-11H2,1H3,(H,24,27)(H,25,26). The zero-order chi connectivity index (χ0) is 19.6. The maximum absolute atomic E-state index is 12.6. The molecule has 0 radical (unpaired) electrons. The molecule has 0 bridgehead atoms. The van der Waals surface area contributed by atoms with Crippen LogP contribution in [0.2, 0.25) is 0 Å². The molecule has 2 fully saturated rings. The van der Waals surface area contributed by atoms with E-state index in [0.29, 0.717) is 24.7 Å². The fourth-order valence-corrected chi connectivity index (χ4v) is 4.48. The molecule has 3 rings (SSSR count). The van der Waals surface area contributed by atoms with Gasteiger partial charge >= 0.3 is 6.18 Å². The van der Waals surface area contributed by atoms with Crippen molar-refractivity contribution in [3.8, 4) is 0 Å². The van der Waals surface area contributed by atoms with Gasteiger partial charge in [-0.3, -0.25) is 9.59 Å². The monoisotopic (exact) mass is 382 g/mol. The summed E-state index contributed by atoms with van der Waals surface area (Å²) >= 11 is 0. The van der Waals surface area contributed by atoms with E-state index >= 15 is 0 Å². The zero-order valence-electron chi connectivity index (χ0n) is 15.3. The smallest absolute Gasteiger partial charge is 0.353 e. The summed E-state index contributed by atoms with van der Waals surface area (Å²) in [6.45, 7) is 2.12. The average Bonchev–Trinajstić information content (AvgIpc) is 2.61. The molecule has 1 aromatic rings. The van der Waals surface area contributed by atoms with Crippen molar-refractivity contribution in [2.24, 2.45) is 11.8 Å². The summed E-state index contributed by atoms with van der Waals surface area (Å²) in [6, 6.07) is 4.22. The van der Waals surface area contributed by atoms with Crippen LogP contribution in [0.5, 0.6) is 0 Å². The molecule has 1 aromatic carbocycles. The van der Waals surface area contributed by atoms with Crippen LogP contribution < -0.4 is 10.6 Å². The summed E-state index contributed by atoms with van der Waals surface area (Å²) in [5.74, 6) is 0.547. The lowest BCUT2D eigenvalue weighted by Crippen LogP contribution is -2.55. The molecule has 4 nitrogen and oxygen atoms in total. The van der Waals surface area contributed by atoms with Gasteiger partial charge in [-0.05, 0) is 61.8 Å². The van der Waals surface area contributed by atoms with Gasteiger partial charge in [0, 0.05) is 24.1 Å². The molecule has 1 heterocycles. The number of benzene rings is 1. The third-order valence-corrected chi connectivity index (χ3v) is 5.77. The first-order chi connectivity index (χ1) is 12.8. The largest absolute Gasteiger partial charge is 0.416 e. The molecule has 1 aliphatic carbocycles. The number of hydrogen-bond acceptors (Lipinski definition) is 2. The number of hydrogen-bond donors (Lipinski definition) is 2. The topological polar surface area (TPSA) is 58.2 Å². The molecule has 27 heavy (non-hydrogen) atoms. The van der Waals surface area contributed by atoms with Crippen LogP contribution in [0.25, 0.3) is 0 Å². The molecule has 2 N–H and O–H groups in total. The summed E-state index contributed by atoms with van der Waals surface area (Å²) in [5, 5.41) is 5.98. The molecular formula is C20H25F3N2O2. The molecule has 148 valence electrons. The third-order valence-electron chi connectivity index (χ3n) is 5.77. The van der Waals surface area contributed by atoms with Crippen molar-refractivity contribution >= 4 is 11.8 Å². The van der Waals surface area contributed by atoms with E-state index in [-0.39, 0.29) is 29.5 Å². The fraction of sp³-hybridized carbons (Fsp3) is 0.600. The van der Waals surface area contributed by atoms with Gasteiger partial charge in [-0.15, -0.1) is 0 Å². The normalized spacial score (nSPS) is 28.2. The number of nitrogens with one attached hydrogen (secondary N) is 2. The Bertz CT molecular complexity index is 687. The summed E-state index contributed by atoms with van der Waals surface area (Å²) < 4.78 is 37.9. The van der Waals surface area contributed by atoms with Crippen molar-refractivity contribution in [2.45, 2.75) is 63.7 Å². The molecular weight excluding hydrogens is 357 g/mol. The van der Waals surface area contributed by atoms with Gasteiger partial charge in [0.05, 0.1) is 5.56 Å². The third kappa shape index (κ3) is 4.62. The van der Waals surface area contributed by atoms with Crippen molar-refractivity contribution in [1.82, 2.24) is 10.6 Å². The SMILES string of the molecule is CCCC1CC(=O)NC2CC(NC(=O)c3ccc(C(F)(F)F)cc3)CCC12. The van der Waals surface area contributed by atoms with E-state index in [1.165, 1.54) is 12.1 Å². The predicted molar refractivity (Wildman–Crippen MR) is 95.0 cm³/mol. The highest BCUT2D eigenvalue weighted by molar-refractivity contribution is 5.94. The number of rotatable bonds is 4. The minimum absolute atomic E-state index is 0.0643. The lowest BCUT2D eigenvalue weighted by molar-refractivity contribution is -0.137. The van der Waals surface area contributed by atoms with Gasteiger partial charge in [-0.25, -0.2) is 0 Å². The Morgan fingerprint density at radius 3 is 2.56 bits per heavy atom. The molecule has 2 amide bonds. The average molecular weight is 382 g/mol. The van der Waals surface area contributed by atoms with Crippen LogP contribution in [0, 0.1) is 11.8 Å². The molecule has 4 atom stereocenters. The van der Waals surface area contributed by atoms with E-state index < -0.39 is 11.7 Å². The Hall–Kier alpha value is -2.05. The molecule has 1 saturated heterocycles. The summed E-state index contributed by atoms with van der Waals surface area (Å²) in [6.07, 6.45) is 0.686. The number of amides is 2. The highest BCUT2D eigenvalue weighted by atomic mass is 19.4. The predicted octanol–water partition coefficient (Wildman–Crippen LogP) is 3.91. The second kappa shape index (κ2) is 7.90. The quantitative estimate of drug-likeness (QED) is 0.830. The van der Waals surface area contributed by atoms with Crippen LogP contribution in [0.4, 0.5) is 13.2 Å². The van der Waals surface area contributed by atoms with Crippen molar-refractivity contribution in [2.75, 3.05) is 0 Å². The number of alkyl halides is 3. The first-order valence-electron chi connectivity index (χ1n) is 9.55. The maximum atomic E-state index is 12.6. The van der Waals surface area contributed by atoms with Gasteiger partial charge in [0.15, 0.2) is 0 Å². The highest BCUT2D eigenvalue weighted by Gasteiger charge is 2.40. The summed E-state index contributed by atoms with van der Waals surface area (Å²) in [4.78, 5) is 24.4. The van der Waals surface area contributed by atoms with Crippen LogP contribution in [0.1, 0.15) is 61.4 Å². The van der Waals surface area contributed by atoms with E-state index in [1.54, 1.807) is 0 Å². The van der Waals surface area contributed by atoms with Gasteiger partial charge in [0.25, 0.3) is 5.91 Å². The molecule has 7 heteroatoms. The van der Waals surface area contributed by atoms with Crippen LogP contribution in [0.15, 0.2) is 24.3 Å². The number of fused-ring (bicyclic) bond motifs is 1. The summed E-state index contributed by atoms with van der Waals surface area (Å²) in [5.41, 5.74) is -0.562.